The second-order valence-electron chi connectivity index (χ2n) is 2.55. The van der Waals surface area contributed by atoms with E-state index in [1.54, 1.807) is 0 Å². The van der Waals surface area contributed by atoms with Crippen molar-refractivity contribution in [3.63, 3.8) is 0 Å². The Balaban J connectivity index is 1.97. The molecule has 1 fully saturated rings. The zero-order chi connectivity index (χ0) is 6.81. The Morgan fingerprint density at radius 3 is 3.00 bits per heavy atom. The maximum Gasteiger partial charge on any atom is 0.195 e. The third-order valence-corrected chi connectivity index (χ3v) is 1.82. The van der Waals surface area contributed by atoms with Gasteiger partial charge in [-0.25, -0.2) is 0 Å². The molecule has 1 saturated heterocycles. The fourth-order valence-electron chi connectivity index (χ4n) is 1.29. The second kappa shape index (κ2) is 2.46. The number of rotatable bonds is 0. The van der Waals surface area contributed by atoms with Crippen molar-refractivity contribution >= 4 is 5.96 Å². The summed E-state index contributed by atoms with van der Waals surface area (Å²) in [6.45, 7) is 5.07. The topological polar surface area (TPSA) is 39.7 Å². The van der Waals surface area contributed by atoms with Crippen LogP contribution in [0.4, 0.5) is 0 Å². The SMILES string of the molecule is C1CNC(N2CCNC2)=N1. The Kier molecular flexibility index (Phi) is 1.47. The summed E-state index contributed by atoms with van der Waals surface area (Å²) in [6.07, 6.45) is 0. The number of guanidine groups is 1. The summed E-state index contributed by atoms with van der Waals surface area (Å²) in [4.78, 5) is 6.54. The molecular weight excluding hydrogens is 128 g/mol. The van der Waals surface area contributed by atoms with Gasteiger partial charge < -0.3 is 10.2 Å². The molecular formula is C6H12N4. The zero-order valence-corrected chi connectivity index (χ0v) is 5.93. The van der Waals surface area contributed by atoms with Crippen molar-refractivity contribution in [1.29, 1.82) is 0 Å². The highest BCUT2D eigenvalue weighted by Gasteiger charge is 2.16. The quantitative estimate of drug-likeness (QED) is 0.444. The largest absolute Gasteiger partial charge is 0.354 e. The van der Waals surface area contributed by atoms with E-state index in [9.17, 15) is 0 Å². The van der Waals surface area contributed by atoms with Gasteiger partial charge in [0.1, 0.15) is 0 Å². The van der Waals surface area contributed by atoms with E-state index in [4.69, 9.17) is 0 Å². The lowest BCUT2D eigenvalue weighted by Crippen LogP contribution is -2.37. The first-order valence-corrected chi connectivity index (χ1v) is 3.71. The lowest BCUT2D eigenvalue weighted by atomic mass is 10.6. The molecule has 0 aliphatic carbocycles. The summed E-state index contributed by atoms with van der Waals surface area (Å²) in [5, 5.41) is 6.49. The molecule has 0 spiro atoms. The summed E-state index contributed by atoms with van der Waals surface area (Å²) >= 11 is 0. The van der Waals surface area contributed by atoms with Crippen molar-refractivity contribution in [2.75, 3.05) is 32.8 Å². The van der Waals surface area contributed by atoms with Crippen LogP contribution in [0.25, 0.3) is 0 Å². The minimum atomic E-state index is 0.936. The highest BCUT2D eigenvalue weighted by atomic mass is 15.4. The standard InChI is InChI=1S/C6H12N4/c1-2-9-6(8-1)10-4-3-7-5-10/h7H,1-5H2,(H,8,9). The molecule has 4 nitrogen and oxygen atoms in total. The molecule has 4 heteroatoms. The van der Waals surface area contributed by atoms with Crippen LogP contribution in [-0.4, -0.2) is 43.7 Å². The molecule has 0 amide bonds. The van der Waals surface area contributed by atoms with E-state index in [1.165, 1.54) is 0 Å². The Hall–Kier alpha value is -0.770. The fraction of sp³-hybridized carbons (Fsp3) is 0.833. The van der Waals surface area contributed by atoms with Crippen LogP contribution in [0, 0.1) is 0 Å². The number of hydrogen-bond donors (Lipinski definition) is 2. The van der Waals surface area contributed by atoms with Gasteiger partial charge in [-0.1, -0.05) is 0 Å². The molecule has 0 aromatic rings. The minimum Gasteiger partial charge on any atom is -0.354 e. The predicted molar refractivity (Wildman–Crippen MR) is 39.9 cm³/mol. The molecule has 0 unspecified atom stereocenters. The van der Waals surface area contributed by atoms with Gasteiger partial charge in [-0.3, -0.25) is 10.3 Å². The number of nitrogens with one attached hydrogen (secondary N) is 2. The van der Waals surface area contributed by atoms with Crippen LogP contribution >= 0.6 is 0 Å². The average molecular weight is 140 g/mol. The normalized spacial score (nSPS) is 24.8. The summed E-state index contributed by atoms with van der Waals surface area (Å²) in [6, 6.07) is 0. The van der Waals surface area contributed by atoms with Gasteiger partial charge in [-0.2, -0.15) is 0 Å². The Bertz CT molecular complexity index is 148. The van der Waals surface area contributed by atoms with Gasteiger partial charge in [0, 0.05) is 19.6 Å². The number of hydrogen-bond acceptors (Lipinski definition) is 4. The summed E-state index contributed by atoms with van der Waals surface area (Å²) in [7, 11) is 0. The number of nitrogens with zero attached hydrogens (tertiary/aromatic N) is 2. The van der Waals surface area contributed by atoms with Gasteiger partial charge in [-0.05, 0) is 0 Å². The molecule has 0 atom stereocenters. The molecule has 2 rings (SSSR count). The Morgan fingerprint density at radius 2 is 2.40 bits per heavy atom. The van der Waals surface area contributed by atoms with Crippen molar-refractivity contribution in [3.05, 3.63) is 0 Å². The lowest BCUT2D eigenvalue weighted by molar-refractivity contribution is 0.497. The number of aliphatic imine (C=N–C) groups is 1. The van der Waals surface area contributed by atoms with Crippen LogP contribution in [0.1, 0.15) is 0 Å². The minimum absolute atomic E-state index is 0.936. The lowest BCUT2D eigenvalue weighted by Gasteiger charge is -2.15. The van der Waals surface area contributed by atoms with E-state index in [1.807, 2.05) is 0 Å². The van der Waals surface area contributed by atoms with Crippen LogP contribution in [-0.2, 0) is 0 Å². The van der Waals surface area contributed by atoms with Crippen molar-refractivity contribution < 1.29 is 0 Å². The van der Waals surface area contributed by atoms with Gasteiger partial charge in [0.15, 0.2) is 5.96 Å². The summed E-state index contributed by atoms with van der Waals surface area (Å²) in [5.74, 6) is 1.07. The van der Waals surface area contributed by atoms with Crippen molar-refractivity contribution in [1.82, 2.24) is 15.5 Å². The molecule has 2 N–H and O–H groups in total. The van der Waals surface area contributed by atoms with Gasteiger partial charge in [0.25, 0.3) is 0 Å². The molecule has 10 heavy (non-hydrogen) atoms. The van der Waals surface area contributed by atoms with Crippen LogP contribution in [0.2, 0.25) is 0 Å². The van der Waals surface area contributed by atoms with E-state index in [2.05, 4.69) is 20.5 Å². The highest BCUT2D eigenvalue weighted by molar-refractivity contribution is 5.81. The third-order valence-electron chi connectivity index (χ3n) is 1.82. The van der Waals surface area contributed by atoms with Crippen LogP contribution in [0.3, 0.4) is 0 Å². The zero-order valence-electron chi connectivity index (χ0n) is 5.93. The van der Waals surface area contributed by atoms with E-state index >= 15 is 0 Å². The van der Waals surface area contributed by atoms with Gasteiger partial charge in [0.2, 0.25) is 0 Å². The van der Waals surface area contributed by atoms with Crippen molar-refractivity contribution in [2.45, 2.75) is 0 Å². The fourth-order valence-corrected chi connectivity index (χ4v) is 1.29. The van der Waals surface area contributed by atoms with E-state index in [0.717, 1.165) is 38.8 Å². The van der Waals surface area contributed by atoms with Gasteiger partial charge in [-0.15, -0.1) is 0 Å². The van der Waals surface area contributed by atoms with E-state index in [0.29, 0.717) is 0 Å². The molecule has 0 aromatic carbocycles. The molecule has 2 heterocycles. The maximum absolute atomic E-state index is 4.31. The first-order valence-electron chi connectivity index (χ1n) is 3.71. The van der Waals surface area contributed by atoms with Crippen LogP contribution in [0.15, 0.2) is 4.99 Å². The summed E-state index contributed by atoms with van der Waals surface area (Å²) < 4.78 is 0. The Labute approximate surface area is 60.3 Å². The van der Waals surface area contributed by atoms with Crippen LogP contribution in [0.5, 0.6) is 0 Å². The molecule has 56 valence electrons. The van der Waals surface area contributed by atoms with Crippen LogP contribution < -0.4 is 10.6 Å². The van der Waals surface area contributed by atoms with E-state index < -0.39 is 0 Å². The molecule has 2 aliphatic heterocycles. The second-order valence-corrected chi connectivity index (χ2v) is 2.55. The molecule has 0 radical (unpaired) electrons. The van der Waals surface area contributed by atoms with E-state index in [-0.39, 0.29) is 0 Å². The monoisotopic (exact) mass is 140 g/mol. The van der Waals surface area contributed by atoms with Crippen molar-refractivity contribution in [3.8, 4) is 0 Å². The van der Waals surface area contributed by atoms with Crippen molar-refractivity contribution in [2.24, 2.45) is 4.99 Å². The van der Waals surface area contributed by atoms with Gasteiger partial charge >= 0.3 is 0 Å². The molecule has 0 aromatic heterocycles. The smallest absolute Gasteiger partial charge is 0.195 e. The Morgan fingerprint density at radius 1 is 1.40 bits per heavy atom. The first-order chi connectivity index (χ1) is 4.97. The first kappa shape index (κ1) is 5.97. The molecule has 0 bridgehead atoms. The third kappa shape index (κ3) is 0.945. The van der Waals surface area contributed by atoms with Gasteiger partial charge in [0.05, 0.1) is 13.2 Å². The molecule has 2 aliphatic rings. The predicted octanol–water partition coefficient (Wildman–Crippen LogP) is -1.19. The average Bonchev–Trinajstić information content (AvgIpc) is 2.59. The summed E-state index contributed by atoms with van der Waals surface area (Å²) in [5.41, 5.74) is 0. The highest BCUT2D eigenvalue weighted by Crippen LogP contribution is 1.96. The maximum atomic E-state index is 4.31. The molecule has 0 saturated carbocycles.